The Hall–Kier alpha value is -1.39. The van der Waals surface area contributed by atoms with Gasteiger partial charge >= 0.3 is 5.97 Å². The molecule has 0 saturated heterocycles. The number of aliphatic carboxylic acids is 1. The molecule has 0 amide bonds. The fraction of sp³-hybridized carbons (Fsp3) is 0.562. The van der Waals surface area contributed by atoms with Crippen molar-refractivity contribution in [1.82, 2.24) is 0 Å². The van der Waals surface area contributed by atoms with Gasteiger partial charge in [-0.2, -0.15) is 0 Å². The van der Waals surface area contributed by atoms with Gasteiger partial charge in [0, 0.05) is 0 Å². The lowest BCUT2D eigenvalue weighted by molar-refractivity contribution is -0.142. The highest BCUT2D eigenvalue weighted by Gasteiger charge is 2.15. The summed E-state index contributed by atoms with van der Waals surface area (Å²) in [7, 11) is 0. The molecule has 0 aliphatic heterocycles. The summed E-state index contributed by atoms with van der Waals surface area (Å²) < 4.78 is 5.03. The van der Waals surface area contributed by atoms with Crippen LogP contribution in [-0.2, 0) is 9.53 Å². The molecule has 0 heterocycles. The van der Waals surface area contributed by atoms with E-state index in [1.807, 2.05) is 12.1 Å². The van der Waals surface area contributed by atoms with Crippen molar-refractivity contribution in [3.8, 4) is 0 Å². The second kappa shape index (κ2) is 7.41. The first-order chi connectivity index (χ1) is 9.66. The Morgan fingerprint density at radius 1 is 1.25 bits per heavy atom. The predicted molar refractivity (Wildman–Crippen MR) is 77.7 cm³/mol. The Kier molecular flexibility index (Phi) is 5.56. The number of nitrogens with two attached hydrogens (primary N) is 1. The topological polar surface area (TPSA) is 72.5 Å². The molecule has 1 aromatic carbocycles. The van der Waals surface area contributed by atoms with E-state index in [0.29, 0.717) is 5.92 Å². The summed E-state index contributed by atoms with van der Waals surface area (Å²) in [6, 6.07) is 8.12. The Bertz CT molecular complexity index is 424. The van der Waals surface area contributed by atoms with E-state index in [-0.39, 0.29) is 19.3 Å². The number of ether oxygens (including phenoxy) is 1. The van der Waals surface area contributed by atoms with Gasteiger partial charge in [0.2, 0.25) is 0 Å². The summed E-state index contributed by atoms with van der Waals surface area (Å²) >= 11 is 0. The molecule has 1 unspecified atom stereocenters. The Morgan fingerprint density at radius 3 is 2.50 bits per heavy atom. The maximum Gasteiger partial charge on any atom is 0.329 e. The molecule has 4 nitrogen and oxygen atoms in total. The first-order valence-electron chi connectivity index (χ1n) is 7.32. The quantitative estimate of drug-likeness (QED) is 0.838. The third-order valence-corrected chi connectivity index (χ3v) is 3.96. The molecule has 1 atom stereocenters. The predicted octanol–water partition coefficient (Wildman–Crippen LogP) is 2.84. The maximum absolute atomic E-state index is 10.4. The highest BCUT2D eigenvalue weighted by atomic mass is 16.5. The van der Waals surface area contributed by atoms with E-state index in [9.17, 15) is 4.79 Å². The van der Waals surface area contributed by atoms with Gasteiger partial charge in [0.05, 0.1) is 12.6 Å². The zero-order valence-electron chi connectivity index (χ0n) is 11.8. The lowest BCUT2D eigenvalue weighted by Crippen LogP contribution is -2.19. The minimum atomic E-state index is -0.968. The van der Waals surface area contributed by atoms with Gasteiger partial charge in [0.1, 0.15) is 6.61 Å². The molecule has 0 spiro atoms. The van der Waals surface area contributed by atoms with Crippen LogP contribution in [0.2, 0.25) is 0 Å². The average Bonchev–Trinajstić information content (AvgIpc) is 2.48. The molecule has 1 aliphatic rings. The van der Waals surface area contributed by atoms with Crippen molar-refractivity contribution in [3.63, 3.8) is 0 Å². The van der Waals surface area contributed by atoms with Gasteiger partial charge in [0.25, 0.3) is 0 Å². The molecule has 1 aromatic rings. The summed E-state index contributed by atoms with van der Waals surface area (Å²) in [4.78, 5) is 10.4. The second-order valence-electron chi connectivity index (χ2n) is 5.52. The highest BCUT2D eigenvalue weighted by Crippen LogP contribution is 2.32. The Labute approximate surface area is 119 Å². The van der Waals surface area contributed by atoms with Crippen LogP contribution < -0.4 is 5.73 Å². The van der Waals surface area contributed by atoms with Crippen LogP contribution in [0.3, 0.4) is 0 Å². The maximum atomic E-state index is 10.4. The average molecular weight is 277 g/mol. The molecule has 3 N–H and O–H groups in total. The monoisotopic (exact) mass is 277 g/mol. The van der Waals surface area contributed by atoms with Crippen molar-refractivity contribution in [2.75, 3.05) is 13.2 Å². The molecule has 4 heteroatoms. The van der Waals surface area contributed by atoms with Gasteiger partial charge in [-0.3, -0.25) is 0 Å². The largest absolute Gasteiger partial charge is 0.480 e. The van der Waals surface area contributed by atoms with Crippen molar-refractivity contribution in [3.05, 3.63) is 35.4 Å². The zero-order valence-corrected chi connectivity index (χ0v) is 11.8. The molecular formula is C16H23NO3. The van der Waals surface area contributed by atoms with Gasteiger partial charge in [-0.25, -0.2) is 4.79 Å². The molecule has 0 aromatic heterocycles. The summed E-state index contributed by atoms with van der Waals surface area (Å²) in [6.07, 6.45) is 6.59. The fourth-order valence-corrected chi connectivity index (χ4v) is 2.82. The van der Waals surface area contributed by atoms with Gasteiger partial charge < -0.3 is 15.6 Å². The summed E-state index contributed by atoms with van der Waals surface area (Å²) in [5, 5.41) is 8.51. The lowest BCUT2D eigenvalue weighted by Gasteiger charge is -2.22. The van der Waals surface area contributed by atoms with Crippen LogP contribution in [0.1, 0.15) is 55.2 Å². The van der Waals surface area contributed by atoms with Crippen LogP contribution in [0, 0.1) is 0 Å². The molecule has 110 valence electrons. The van der Waals surface area contributed by atoms with Crippen LogP contribution in [-0.4, -0.2) is 24.3 Å². The van der Waals surface area contributed by atoms with Crippen molar-refractivity contribution < 1.29 is 14.6 Å². The van der Waals surface area contributed by atoms with Crippen LogP contribution in [0.4, 0.5) is 0 Å². The van der Waals surface area contributed by atoms with Crippen molar-refractivity contribution in [2.45, 2.75) is 44.1 Å². The molecule has 1 fully saturated rings. The molecule has 0 bridgehead atoms. The van der Waals surface area contributed by atoms with E-state index in [0.717, 1.165) is 5.56 Å². The number of benzene rings is 1. The lowest BCUT2D eigenvalue weighted by atomic mass is 9.84. The first kappa shape index (κ1) is 15.0. The van der Waals surface area contributed by atoms with Crippen LogP contribution >= 0.6 is 0 Å². The van der Waals surface area contributed by atoms with Crippen molar-refractivity contribution >= 4 is 5.97 Å². The number of rotatable bonds is 6. The third kappa shape index (κ3) is 4.32. The fourth-order valence-electron chi connectivity index (χ4n) is 2.82. The molecular weight excluding hydrogens is 254 g/mol. The molecule has 20 heavy (non-hydrogen) atoms. The summed E-state index contributed by atoms with van der Waals surface area (Å²) in [6.45, 7) is -0.0665. The number of carbonyl (C=O) groups is 1. The number of hydrogen-bond donors (Lipinski definition) is 2. The molecule has 1 aliphatic carbocycles. The second-order valence-corrected chi connectivity index (χ2v) is 5.52. The zero-order chi connectivity index (χ0) is 14.4. The Morgan fingerprint density at radius 2 is 1.90 bits per heavy atom. The number of hydrogen-bond acceptors (Lipinski definition) is 3. The van der Waals surface area contributed by atoms with E-state index in [1.54, 1.807) is 0 Å². The number of carboxylic acid groups (broad SMARTS) is 1. The summed E-state index contributed by atoms with van der Waals surface area (Å²) in [5.41, 5.74) is 8.38. The first-order valence-corrected chi connectivity index (χ1v) is 7.32. The van der Waals surface area contributed by atoms with Crippen molar-refractivity contribution in [2.24, 2.45) is 5.73 Å². The highest BCUT2D eigenvalue weighted by molar-refractivity contribution is 5.67. The van der Waals surface area contributed by atoms with E-state index in [2.05, 4.69) is 12.1 Å². The minimum Gasteiger partial charge on any atom is -0.480 e. The summed E-state index contributed by atoms with van der Waals surface area (Å²) in [5.74, 6) is -0.276. The minimum absolute atomic E-state index is 0.231. The molecule has 2 rings (SSSR count). The smallest absolute Gasteiger partial charge is 0.329 e. The van der Waals surface area contributed by atoms with Crippen LogP contribution in [0.15, 0.2) is 24.3 Å². The van der Waals surface area contributed by atoms with Crippen molar-refractivity contribution in [1.29, 1.82) is 0 Å². The standard InChI is InChI=1S/C16H23NO3/c17-15(10-20-11-16(18)19)14-8-6-13(7-9-14)12-4-2-1-3-5-12/h6-9,12,15H,1-5,10-11,17H2,(H,18,19). The van der Waals surface area contributed by atoms with E-state index in [4.69, 9.17) is 15.6 Å². The van der Waals surface area contributed by atoms with Gasteiger partial charge in [-0.1, -0.05) is 43.5 Å². The number of carboxylic acids is 1. The van der Waals surface area contributed by atoms with Crippen LogP contribution in [0.5, 0.6) is 0 Å². The van der Waals surface area contributed by atoms with Gasteiger partial charge in [-0.15, -0.1) is 0 Å². The Balaban J connectivity index is 1.88. The SMILES string of the molecule is NC(COCC(=O)O)c1ccc(C2CCCCC2)cc1. The normalized spacial score (nSPS) is 17.9. The third-order valence-electron chi connectivity index (χ3n) is 3.96. The molecule has 1 saturated carbocycles. The van der Waals surface area contributed by atoms with Crippen LogP contribution in [0.25, 0.3) is 0 Å². The van der Waals surface area contributed by atoms with Gasteiger partial charge in [0.15, 0.2) is 0 Å². The van der Waals surface area contributed by atoms with E-state index < -0.39 is 5.97 Å². The van der Waals surface area contributed by atoms with Gasteiger partial charge in [-0.05, 0) is 29.9 Å². The molecule has 0 radical (unpaired) electrons. The van der Waals surface area contributed by atoms with E-state index in [1.165, 1.54) is 37.7 Å². The van der Waals surface area contributed by atoms with E-state index >= 15 is 0 Å².